The molecule has 6 nitrogen and oxygen atoms in total. The lowest BCUT2D eigenvalue weighted by atomic mass is 9.93. The molecule has 3 N–H and O–H groups in total. The van der Waals surface area contributed by atoms with E-state index in [1.165, 1.54) is 21.6 Å². The lowest BCUT2D eigenvalue weighted by Gasteiger charge is -2.26. The van der Waals surface area contributed by atoms with Crippen molar-refractivity contribution in [3.05, 3.63) is 89.7 Å². The minimum Gasteiger partial charge on any atom is -0.393 e. The van der Waals surface area contributed by atoms with Crippen molar-refractivity contribution in [1.82, 2.24) is 15.2 Å². The van der Waals surface area contributed by atoms with E-state index in [0.717, 1.165) is 72.8 Å². The molecule has 6 rings (SSSR count). The van der Waals surface area contributed by atoms with Gasteiger partial charge in [0.25, 0.3) is 0 Å². The zero-order valence-corrected chi connectivity index (χ0v) is 23.1. The Morgan fingerprint density at radius 2 is 1.82 bits per heavy atom. The van der Waals surface area contributed by atoms with Gasteiger partial charge in [0.2, 0.25) is 0 Å². The van der Waals surface area contributed by atoms with Crippen LogP contribution in [0.5, 0.6) is 0 Å². The first-order valence-corrected chi connectivity index (χ1v) is 14.8. The molecule has 2 aromatic heterocycles. The van der Waals surface area contributed by atoms with Gasteiger partial charge in [0.05, 0.1) is 17.3 Å². The van der Waals surface area contributed by atoms with Crippen LogP contribution in [0.4, 0.5) is 11.6 Å². The summed E-state index contributed by atoms with van der Waals surface area (Å²) in [5.74, 6) is 2.10. The molecule has 1 unspecified atom stereocenters. The molecule has 1 atom stereocenters. The lowest BCUT2D eigenvalue weighted by molar-refractivity contribution is 0.126. The molecule has 1 fully saturated rings. The van der Waals surface area contributed by atoms with Crippen LogP contribution in [0.3, 0.4) is 0 Å². The van der Waals surface area contributed by atoms with Gasteiger partial charge in [0, 0.05) is 22.7 Å². The molecule has 0 bridgehead atoms. The summed E-state index contributed by atoms with van der Waals surface area (Å²) >= 11 is 1.77. The summed E-state index contributed by atoms with van der Waals surface area (Å²) in [5, 5.41) is 21.7. The summed E-state index contributed by atoms with van der Waals surface area (Å²) in [4.78, 5) is 11.4. The maximum atomic E-state index is 9.94. The molecular weight excluding hydrogens is 502 g/mol. The second-order valence-corrected chi connectivity index (χ2v) is 11.9. The van der Waals surface area contributed by atoms with Gasteiger partial charge in [-0.1, -0.05) is 61.2 Å². The number of nitrogens with one attached hydrogen (secondary N) is 2. The molecule has 1 aliphatic heterocycles. The van der Waals surface area contributed by atoms with Crippen LogP contribution < -0.4 is 5.32 Å². The van der Waals surface area contributed by atoms with E-state index in [4.69, 9.17) is 9.98 Å². The molecule has 0 saturated heterocycles. The van der Waals surface area contributed by atoms with E-state index in [1.807, 2.05) is 12.4 Å². The monoisotopic (exact) mass is 537 g/mol. The van der Waals surface area contributed by atoms with Crippen molar-refractivity contribution in [3.63, 3.8) is 0 Å². The number of aliphatic imine (C=N–C) groups is 1. The van der Waals surface area contributed by atoms with Crippen LogP contribution in [0.2, 0.25) is 0 Å². The van der Waals surface area contributed by atoms with Gasteiger partial charge < -0.3 is 10.4 Å². The lowest BCUT2D eigenvalue weighted by Crippen LogP contribution is -2.28. The number of aromatic nitrogens is 3. The van der Waals surface area contributed by atoms with Crippen LogP contribution >= 0.6 is 11.8 Å². The van der Waals surface area contributed by atoms with Crippen LogP contribution in [0.15, 0.2) is 82.9 Å². The first kappa shape index (κ1) is 25.8. The molecule has 7 heteroatoms. The van der Waals surface area contributed by atoms with Gasteiger partial charge in [-0.3, -0.25) is 5.10 Å². The van der Waals surface area contributed by atoms with Crippen molar-refractivity contribution in [2.75, 3.05) is 5.32 Å². The van der Waals surface area contributed by atoms with E-state index in [2.05, 4.69) is 83.1 Å². The van der Waals surface area contributed by atoms with Crippen LogP contribution in [0.25, 0.3) is 11.1 Å². The SMILES string of the molecule is CC1CCC(=Nc2cc(Cc3ccccc3)cc(NC3CCC(O)CC3)n2)Sc2cc(-c3cn[nH]c3)ccc21. The Morgan fingerprint density at radius 1 is 0.974 bits per heavy atom. The number of thioether (sulfide) groups is 1. The maximum absolute atomic E-state index is 9.94. The van der Waals surface area contributed by atoms with E-state index in [-0.39, 0.29) is 6.10 Å². The molecule has 0 radical (unpaired) electrons. The number of fused-ring (bicyclic) bond motifs is 1. The fraction of sp³-hybridized carbons (Fsp3) is 0.344. The van der Waals surface area contributed by atoms with Crippen molar-refractivity contribution in [2.45, 2.75) is 74.8 Å². The van der Waals surface area contributed by atoms with E-state index < -0.39 is 0 Å². The number of hydrogen-bond acceptors (Lipinski definition) is 6. The Labute approximate surface area is 234 Å². The van der Waals surface area contributed by atoms with Gasteiger partial charge in [-0.15, -0.1) is 0 Å². The number of benzene rings is 2. The third kappa shape index (κ3) is 6.43. The summed E-state index contributed by atoms with van der Waals surface area (Å²) in [6, 6.07) is 21.9. The second kappa shape index (κ2) is 11.8. The molecule has 2 aliphatic rings. The van der Waals surface area contributed by atoms with E-state index in [9.17, 15) is 5.11 Å². The Hall–Kier alpha value is -3.42. The highest BCUT2D eigenvalue weighted by Gasteiger charge is 2.22. The summed E-state index contributed by atoms with van der Waals surface area (Å²) in [7, 11) is 0. The highest BCUT2D eigenvalue weighted by Crippen LogP contribution is 2.40. The van der Waals surface area contributed by atoms with Gasteiger partial charge in [0.1, 0.15) is 5.82 Å². The minimum atomic E-state index is -0.172. The minimum absolute atomic E-state index is 0.172. The topological polar surface area (TPSA) is 86.2 Å². The van der Waals surface area contributed by atoms with Gasteiger partial charge >= 0.3 is 0 Å². The Bertz CT molecular complexity index is 1430. The van der Waals surface area contributed by atoms with Gasteiger partial charge in [0.15, 0.2) is 5.82 Å². The number of aromatic amines is 1. The number of hydrogen-bond donors (Lipinski definition) is 3. The first-order chi connectivity index (χ1) is 19.1. The molecule has 200 valence electrons. The van der Waals surface area contributed by atoms with Crippen LogP contribution in [-0.2, 0) is 6.42 Å². The molecule has 39 heavy (non-hydrogen) atoms. The third-order valence-corrected chi connectivity index (χ3v) is 8.91. The number of pyridine rings is 1. The smallest absolute Gasteiger partial charge is 0.155 e. The van der Waals surface area contributed by atoms with E-state index in [0.29, 0.717) is 12.0 Å². The van der Waals surface area contributed by atoms with Crippen molar-refractivity contribution in [3.8, 4) is 11.1 Å². The summed E-state index contributed by atoms with van der Waals surface area (Å²) in [6.07, 6.45) is 10.0. The molecule has 4 aromatic rings. The quantitative estimate of drug-likeness (QED) is 0.237. The van der Waals surface area contributed by atoms with Crippen LogP contribution in [-0.4, -0.2) is 37.5 Å². The van der Waals surface area contributed by atoms with Gasteiger partial charge in [-0.2, -0.15) is 5.10 Å². The number of aliphatic hydroxyl groups is 1. The van der Waals surface area contributed by atoms with Crippen molar-refractivity contribution in [2.24, 2.45) is 4.99 Å². The maximum Gasteiger partial charge on any atom is 0.155 e. The molecular formula is C32H35N5OS. The van der Waals surface area contributed by atoms with E-state index in [1.54, 1.807) is 11.8 Å². The number of aliphatic hydroxyl groups excluding tert-OH is 1. The summed E-state index contributed by atoms with van der Waals surface area (Å²) in [6.45, 7) is 2.31. The highest BCUT2D eigenvalue weighted by molar-refractivity contribution is 8.14. The Balaban J connectivity index is 1.31. The molecule has 3 heterocycles. The highest BCUT2D eigenvalue weighted by atomic mass is 32.2. The molecule has 2 aromatic carbocycles. The molecule has 0 spiro atoms. The Morgan fingerprint density at radius 3 is 2.62 bits per heavy atom. The standard InChI is InChI=1S/C32H35N5OS/c1-21-7-14-32(39-29-18-24(8-13-28(21)29)25-19-33-34-20-25)37-31-17-23(15-22-5-3-2-4-6-22)16-30(36-31)35-26-9-11-27(38)12-10-26/h2-6,8,13,16-21,26-27,38H,7,9-12,14-15H2,1H3,(H,33,34)(H,35,36). The molecule has 1 aliphatic carbocycles. The zero-order valence-electron chi connectivity index (χ0n) is 22.3. The predicted octanol–water partition coefficient (Wildman–Crippen LogP) is 7.50. The number of H-pyrrole nitrogens is 1. The van der Waals surface area contributed by atoms with Crippen molar-refractivity contribution in [1.29, 1.82) is 0 Å². The van der Waals surface area contributed by atoms with Crippen molar-refractivity contribution >= 4 is 28.4 Å². The van der Waals surface area contributed by atoms with Gasteiger partial charge in [-0.05, 0) is 91.3 Å². The average molecular weight is 538 g/mol. The third-order valence-electron chi connectivity index (χ3n) is 7.81. The Kier molecular flexibility index (Phi) is 7.79. The zero-order chi connectivity index (χ0) is 26.6. The summed E-state index contributed by atoms with van der Waals surface area (Å²) in [5.41, 5.74) is 6.10. The second-order valence-electron chi connectivity index (χ2n) is 10.8. The fourth-order valence-electron chi connectivity index (χ4n) is 5.56. The van der Waals surface area contributed by atoms with Gasteiger partial charge in [-0.25, -0.2) is 9.98 Å². The molecule has 1 saturated carbocycles. The fourth-order valence-corrected chi connectivity index (χ4v) is 6.75. The first-order valence-electron chi connectivity index (χ1n) is 14.0. The largest absolute Gasteiger partial charge is 0.393 e. The number of nitrogens with zero attached hydrogens (tertiary/aromatic N) is 3. The van der Waals surface area contributed by atoms with Crippen molar-refractivity contribution < 1.29 is 5.11 Å². The normalized spacial score (nSPS) is 22.3. The number of rotatable bonds is 6. The average Bonchev–Trinajstić information content (AvgIpc) is 3.44. The molecule has 0 amide bonds. The predicted molar refractivity (Wildman–Crippen MR) is 160 cm³/mol. The van der Waals surface area contributed by atoms with Crippen LogP contribution in [0.1, 0.15) is 68.1 Å². The summed E-state index contributed by atoms with van der Waals surface area (Å²) < 4.78 is 0. The van der Waals surface area contributed by atoms with Crippen LogP contribution in [0, 0.1) is 0 Å². The van der Waals surface area contributed by atoms with E-state index >= 15 is 0 Å². The number of anilines is 1.